The van der Waals surface area contributed by atoms with Gasteiger partial charge in [0.15, 0.2) is 0 Å². The molecule has 29 heavy (non-hydrogen) atoms. The van der Waals surface area contributed by atoms with E-state index in [9.17, 15) is 0 Å². The SMILES string of the molecule is COc1ccnc(-c2ccc(-n3c4ccccc4c4ccccc43)cc2OC)c1. The Morgan fingerprint density at radius 2 is 1.41 bits per heavy atom. The van der Waals surface area contributed by atoms with E-state index in [0.29, 0.717) is 0 Å². The summed E-state index contributed by atoms with van der Waals surface area (Å²) >= 11 is 0. The summed E-state index contributed by atoms with van der Waals surface area (Å²) in [7, 11) is 3.34. The summed E-state index contributed by atoms with van der Waals surface area (Å²) in [6.07, 6.45) is 1.74. The molecule has 0 amide bonds. The van der Waals surface area contributed by atoms with Gasteiger partial charge in [-0.2, -0.15) is 0 Å². The van der Waals surface area contributed by atoms with Crippen LogP contribution in [0.3, 0.4) is 0 Å². The van der Waals surface area contributed by atoms with Crippen LogP contribution in [0.15, 0.2) is 85.1 Å². The van der Waals surface area contributed by atoms with Crippen LogP contribution in [0.5, 0.6) is 11.5 Å². The maximum absolute atomic E-state index is 5.74. The van der Waals surface area contributed by atoms with Gasteiger partial charge in [0.25, 0.3) is 0 Å². The van der Waals surface area contributed by atoms with E-state index in [-0.39, 0.29) is 0 Å². The number of fused-ring (bicyclic) bond motifs is 3. The Morgan fingerprint density at radius 3 is 2.07 bits per heavy atom. The molecule has 4 heteroatoms. The fraction of sp³-hybridized carbons (Fsp3) is 0.0800. The van der Waals surface area contributed by atoms with Gasteiger partial charge in [-0.3, -0.25) is 4.98 Å². The lowest BCUT2D eigenvalue weighted by molar-refractivity contribution is 0.413. The van der Waals surface area contributed by atoms with E-state index in [1.807, 2.05) is 12.1 Å². The number of rotatable bonds is 4. The molecular weight excluding hydrogens is 360 g/mol. The number of pyridine rings is 1. The molecule has 0 atom stereocenters. The van der Waals surface area contributed by atoms with Gasteiger partial charge in [0.2, 0.25) is 0 Å². The number of nitrogens with zero attached hydrogens (tertiary/aromatic N) is 2. The molecule has 0 aliphatic heterocycles. The van der Waals surface area contributed by atoms with Crippen LogP contribution in [-0.4, -0.2) is 23.8 Å². The van der Waals surface area contributed by atoms with Gasteiger partial charge in [0.1, 0.15) is 11.5 Å². The van der Waals surface area contributed by atoms with Gasteiger partial charge < -0.3 is 14.0 Å². The first-order valence-corrected chi connectivity index (χ1v) is 9.47. The third-order valence-corrected chi connectivity index (χ3v) is 5.27. The van der Waals surface area contributed by atoms with Crippen molar-refractivity contribution in [1.29, 1.82) is 0 Å². The van der Waals surface area contributed by atoms with E-state index in [0.717, 1.165) is 28.4 Å². The van der Waals surface area contributed by atoms with Gasteiger partial charge >= 0.3 is 0 Å². The summed E-state index contributed by atoms with van der Waals surface area (Å²) in [6.45, 7) is 0. The largest absolute Gasteiger partial charge is 0.497 e. The number of hydrogen-bond acceptors (Lipinski definition) is 3. The summed E-state index contributed by atoms with van der Waals surface area (Å²) in [5, 5.41) is 2.47. The van der Waals surface area contributed by atoms with Crippen molar-refractivity contribution in [3.8, 4) is 28.4 Å². The van der Waals surface area contributed by atoms with Crippen LogP contribution in [0.1, 0.15) is 0 Å². The summed E-state index contributed by atoms with van der Waals surface area (Å²) in [4.78, 5) is 4.49. The molecule has 4 nitrogen and oxygen atoms in total. The first-order valence-electron chi connectivity index (χ1n) is 9.47. The highest BCUT2D eigenvalue weighted by atomic mass is 16.5. The molecule has 0 bridgehead atoms. The maximum Gasteiger partial charge on any atom is 0.130 e. The zero-order chi connectivity index (χ0) is 19.8. The second kappa shape index (κ2) is 6.99. The molecule has 0 saturated heterocycles. The Balaban J connectivity index is 1.73. The topological polar surface area (TPSA) is 36.3 Å². The lowest BCUT2D eigenvalue weighted by atomic mass is 10.1. The highest BCUT2D eigenvalue weighted by Crippen LogP contribution is 2.36. The molecule has 0 N–H and O–H groups in total. The van der Waals surface area contributed by atoms with Crippen molar-refractivity contribution in [1.82, 2.24) is 9.55 Å². The minimum Gasteiger partial charge on any atom is -0.497 e. The second-order valence-electron chi connectivity index (χ2n) is 6.84. The number of hydrogen-bond donors (Lipinski definition) is 0. The number of aromatic nitrogens is 2. The van der Waals surface area contributed by atoms with Gasteiger partial charge in [-0.05, 0) is 30.3 Å². The van der Waals surface area contributed by atoms with Gasteiger partial charge in [0, 0.05) is 40.4 Å². The third kappa shape index (κ3) is 2.81. The molecule has 5 aromatic rings. The second-order valence-corrected chi connectivity index (χ2v) is 6.84. The molecule has 142 valence electrons. The quantitative estimate of drug-likeness (QED) is 0.392. The molecule has 0 radical (unpaired) electrons. The zero-order valence-corrected chi connectivity index (χ0v) is 16.3. The summed E-state index contributed by atoms with van der Waals surface area (Å²) in [6, 6.07) is 26.9. The normalized spacial score (nSPS) is 11.1. The van der Waals surface area contributed by atoms with E-state index in [1.165, 1.54) is 21.8 Å². The van der Waals surface area contributed by atoms with Crippen LogP contribution in [0.4, 0.5) is 0 Å². The van der Waals surface area contributed by atoms with Crippen molar-refractivity contribution in [3.63, 3.8) is 0 Å². The minimum absolute atomic E-state index is 0.767. The Morgan fingerprint density at radius 1 is 0.724 bits per heavy atom. The highest BCUT2D eigenvalue weighted by molar-refractivity contribution is 6.09. The van der Waals surface area contributed by atoms with Crippen LogP contribution in [-0.2, 0) is 0 Å². The average Bonchev–Trinajstić information content (AvgIpc) is 3.13. The Labute approximate surface area is 169 Å². The Hall–Kier alpha value is -3.79. The van der Waals surface area contributed by atoms with E-state index in [4.69, 9.17) is 9.47 Å². The molecule has 5 rings (SSSR count). The van der Waals surface area contributed by atoms with Gasteiger partial charge in [0.05, 0.1) is 30.9 Å². The van der Waals surface area contributed by atoms with E-state index in [1.54, 1.807) is 20.4 Å². The van der Waals surface area contributed by atoms with Crippen molar-refractivity contribution >= 4 is 21.8 Å². The van der Waals surface area contributed by atoms with Crippen LogP contribution >= 0.6 is 0 Å². The average molecular weight is 380 g/mol. The molecule has 2 aromatic heterocycles. The van der Waals surface area contributed by atoms with Crippen LogP contribution in [0.25, 0.3) is 38.8 Å². The Kier molecular flexibility index (Phi) is 4.17. The first-order chi connectivity index (χ1) is 14.3. The third-order valence-electron chi connectivity index (χ3n) is 5.27. The predicted octanol–water partition coefficient (Wildman–Crippen LogP) is 5.86. The number of ether oxygens (including phenoxy) is 2. The molecule has 0 unspecified atom stereocenters. The first kappa shape index (κ1) is 17.3. The van der Waals surface area contributed by atoms with Crippen molar-refractivity contribution < 1.29 is 9.47 Å². The molecule has 0 aliphatic carbocycles. The van der Waals surface area contributed by atoms with Crippen molar-refractivity contribution in [2.24, 2.45) is 0 Å². The van der Waals surface area contributed by atoms with Gasteiger partial charge in [-0.1, -0.05) is 36.4 Å². The lowest BCUT2D eigenvalue weighted by Gasteiger charge is -2.13. The monoisotopic (exact) mass is 380 g/mol. The minimum atomic E-state index is 0.767. The van der Waals surface area contributed by atoms with Crippen LogP contribution in [0, 0.1) is 0 Å². The fourth-order valence-corrected chi connectivity index (χ4v) is 3.92. The smallest absolute Gasteiger partial charge is 0.130 e. The fourth-order valence-electron chi connectivity index (χ4n) is 3.92. The molecule has 0 aliphatic rings. The highest BCUT2D eigenvalue weighted by Gasteiger charge is 2.14. The predicted molar refractivity (Wildman–Crippen MR) is 117 cm³/mol. The molecule has 0 fully saturated rings. The zero-order valence-electron chi connectivity index (χ0n) is 16.3. The van der Waals surface area contributed by atoms with E-state index >= 15 is 0 Å². The van der Waals surface area contributed by atoms with Gasteiger partial charge in [-0.15, -0.1) is 0 Å². The molecule has 0 spiro atoms. The summed E-state index contributed by atoms with van der Waals surface area (Å²) in [5.41, 5.74) is 5.13. The Bertz CT molecular complexity index is 1280. The number of methoxy groups -OCH3 is 2. The number of para-hydroxylation sites is 2. The standard InChI is InChI=1S/C25H20N2O2/c1-28-18-13-14-26-22(16-18)21-12-11-17(15-25(21)29-2)27-23-9-5-3-7-19(23)20-8-4-6-10-24(20)27/h3-16H,1-2H3. The van der Waals surface area contributed by atoms with Crippen LogP contribution < -0.4 is 9.47 Å². The van der Waals surface area contributed by atoms with Crippen LogP contribution in [0.2, 0.25) is 0 Å². The summed E-state index contributed by atoms with van der Waals surface area (Å²) < 4.78 is 13.4. The molecule has 2 heterocycles. The number of benzene rings is 3. The molecule has 0 saturated carbocycles. The maximum atomic E-state index is 5.74. The van der Waals surface area contributed by atoms with E-state index < -0.39 is 0 Å². The van der Waals surface area contributed by atoms with E-state index in [2.05, 4.69) is 76.3 Å². The van der Waals surface area contributed by atoms with Crippen molar-refractivity contribution in [2.45, 2.75) is 0 Å². The molecular formula is C25H20N2O2. The lowest BCUT2D eigenvalue weighted by Crippen LogP contribution is -1.97. The van der Waals surface area contributed by atoms with Crippen molar-refractivity contribution in [3.05, 3.63) is 85.1 Å². The van der Waals surface area contributed by atoms with Gasteiger partial charge in [-0.25, -0.2) is 0 Å². The molecule has 3 aromatic carbocycles. The van der Waals surface area contributed by atoms with Crippen molar-refractivity contribution in [2.75, 3.05) is 14.2 Å². The summed E-state index contributed by atoms with van der Waals surface area (Å²) in [5.74, 6) is 1.54.